The zero-order chi connectivity index (χ0) is 32.7. The Morgan fingerprint density at radius 2 is 1.37 bits per heavy atom. The van der Waals surface area contributed by atoms with Crippen LogP contribution < -0.4 is 0 Å². The van der Waals surface area contributed by atoms with Crippen LogP contribution in [0, 0.1) is 19.8 Å². The van der Waals surface area contributed by atoms with Gasteiger partial charge in [-0.3, -0.25) is 14.4 Å². The van der Waals surface area contributed by atoms with Crippen LogP contribution in [0.25, 0.3) is 0 Å². The fourth-order valence-corrected chi connectivity index (χ4v) is 5.35. The maximum absolute atomic E-state index is 13.1. The summed E-state index contributed by atoms with van der Waals surface area (Å²) in [4.78, 5) is 38.1. The van der Waals surface area contributed by atoms with Gasteiger partial charge in [0.05, 0.1) is 25.0 Å². The molecule has 0 saturated carbocycles. The van der Waals surface area contributed by atoms with Gasteiger partial charge in [0.25, 0.3) is 0 Å². The third-order valence-corrected chi connectivity index (χ3v) is 7.35. The lowest BCUT2D eigenvalue weighted by molar-refractivity contribution is -0.142. The molecule has 0 aromatic heterocycles. The minimum atomic E-state index is -0.500. The van der Waals surface area contributed by atoms with Gasteiger partial charge in [-0.2, -0.15) is 0 Å². The van der Waals surface area contributed by atoms with E-state index in [1.807, 2.05) is 42.2 Å². The van der Waals surface area contributed by atoms with E-state index in [-0.39, 0.29) is 24.1 Å². The number of hydrogen-bond acceptors (Lipinski definition) is 5. The predicted molar refractivity (Wildman–Crippen MR) is 177 cm³/mol. The van der Waals surface area contributed by atoms with Crippen LogP contribution in [0.4, 0.5) is 0 Å². The number of carbonyl (C=O) groups is 3. The Morgan fingerprint density at radius 1 is 0.860 bits per heavy atom. The summed E-state index contributed by atoms with van der Waals surface area (Å²) in [7, 11) is 0. The molecule has 2 aromatic carbocycles. The molecule has 1 heterocycles. The molecule has 0 aliphatic carbocycles. The number of nitrogens with zero attached hydrogens (tertiary/aromatic N) is 1. The normalized spacial score (nSPS) is 13.0. The van der Waals surface area contributed by atoms with Crippen LogP contribution in [0.1, 0.15) is 118 Å². The second kappa shape index (κ2) is 18.6. The third kappa shape index (κ3) is 13.9. The topological polar surface area (TPSA) is 83.9 Å². The first-order chi connectivity index (χ1) is 20.1. The van der Waals surface area contributed by atoms with Gasteiger partial charge >= 0.3 is 5.97 Å². The minimum Gasteiger partial charge on any atom is -0.466 e. The molecule has 0 bridgehead atoms. The molecule has 6 nitrogen and oxygen atoms in total. The van der Waals surface area contributed by atoms with Gasteiger partial charge in [0.2, 0.25) is 5.91 Å². The molecule has 1 saturated heterocycles. The molecule has 0 unspecified atom stereocenters. The van der Waals surface area contributed by atoms with Crippen molar-refractivity contribution in [3.63, 3.8) is 0 Å². The van der Waals surface area contributed by atoms with Crippen molar-refractivity contribution in [2.75, 3.05) is 19.7 Å². The monoisotopic (exact) mass is 595 g/mol. The highest BCUT2D eigenvalue weighted by molar-refractivity contribution is 5.93. The van der Waals surface area contributed by atoms with E-state index in [9.17, 15) is 14.4 Å². The second-order valence-electron chi connectivity index (χ2n) is 12.8. The van der Waals surface area contributed by atoms with Crippen molar-refractivity contribution in [2.45, 2.75) is 120 Å². The molecular formula is C37H57NO5. The Morgan fingerprint density at radius 3 is 1.81 bits per heavy atom. The van der Waals surface area contributed by atoms with E-state index in [0.717, 1.165) is 55.5 Å². The number of ether oxygens (including phenoxy) is 1. The molecular weight excluding hydrogens is 538 g/mol. The quantitative estimate of drug-likeness (QED) is 0.241. The van der Waals surface area contributed by atoms with E-state index in [4.69, 9.17) is 9.84 Å². The molecule has 3 rings (SSSR count). The summed E-state index contributed by atoms with van der Waals surface area (Å²) in [6, 6.07) is 9.23. The minimum absolute atomic E-state index is 0.121. The van der Waals surface area contributed by atoms with Crippen molar-refractivity contribution < 1.29 is 24.2 Å². The fraction of sp³-hybridized carbons (Fsp3) is 0.595. The Bertz CT molecular complexity index is 1170. The largest absolute Gasteiger partial charge is 0.466 e. The second-order valence-corrected chi connectivity index (χ2v) is 12.8. The van der Waals surface area contributed by atoms with Crippen LogP contribution in [-0.2, 0) is 40.0 Å². The van der Waals surface area contributed by atoms with Gasteiger partial charge in [-0.25, -0.2) is 0 Å². The van der Waals surface area contributed by atoms with E-state index in [1.165, 1.54) is 28.7 Å². The summed E-state index contributed by atoms with van der Waals surface area (Å²) < 4.78 is 5.25. The number of amides is 1. The number of aliphatic hydroxyl groups is 1. The van der Waals surface area contributed by atoms with Crippen LogP contribution in [-0.4, -0.2) is 53.0 Å². The molecule has 6 heteroatoms. The average molecular weight is 596 g/mol. The van der Waals surface area contributed by atoms with Gasteiger partial charge in [0.15, 0.2) is 5.78 Å². The number of rotatable bonds is 9. The Kier molecular flexibility index (Phi) is 16.5. The maximum Gasteiger partial charge on any atom is 0.310 e. The highest BCUT2D eigenvalue weighted by atomic mass is 16.5. The van der Waals surface area contributed by atoms with Crippen molar-refractivity contribution in [2.24, 2.45) is 5.92 Å². The highest BCUT2D eigenvalue weighted by Gasteiger charge is 2.25. The van der Waals surface area contributed by atoms with Crippen molar-refractivity contribution in [1.29, 1.82) is 0 Å². The maximum atomic E-state index is 13.1. The van der Waals surface area contributed by atoms with E-state index in [1.54, 1.807) is 27.7 Å². The number of piperidine rings is 1. The zero-order valence-electron chi connectivity index (χ0n) is 28.6. The number of ketones is 1. The first-order valence-electron chi connectivity index (χ1n) is 15.9. The molecule has 1 amide bonds. The van der Waals surface area contributed by atoms with Crippen LogP contribution in [0.2, 0.25) is 0 Å². The first-order valence-corrected chi connectivity index (χ1v) is 15.9. The van der Waals surface area contributed by atoms with E-state index in [0.29, 0.717) is 18.9 Å². The SMILES string of the molecule is CC(=O)c1ccccc1.CC(C)(C)O.CCOC(=O)Cc1c(C)c(CC)c(CC(C)C)c(C)c1CC(=O)N1CCCCC1. The Labute approximate surface area is 261 Å². The average Bonchev–Trinajstić information content (AvgIpc) is 2.94. The van der Waals surface area contributed by atoms with E-state index in [2.05, 4.69) is 34.6 Å². The van der Waals surface area contributed by atoms with Crippen LogP contribution in [0.5, 0.6) is 0 Å². The van der Waals surface area contributed by atoms with Gasteiger partial charge < -0.3 is 14.7 Å². The molecule has 0 atom stereocenters. The van der Waals surface area contributed by atoms with E-state index < -0.39 is 5.60 Å². The number of benzene rings is 2. The Balaban J connectivity index is 0.000000540. The van der Waals surface area contributed by atoms with Crippen LogP contribution in [0.15, 0.2) is 30.3 Å². The molecule has 2 aromatic rings. The highest BCUT2D eigenvalue weighted by Crippen LogP contribution is 2.31. The number of likely N-dealkylation sites (tertiary alicyclic amines) is 1. The standard InChI is InChI=1S/C25H39NO3.C8H8O.C4H10O/c1-7-20-18(5)23(16-25(28)29-8-2)22(19(6)21(20)14-17(3)4)15-24(27)26-12-10-9-11-13-26;1-7(9)8-5-3-2-4-6-8;1-4(2,3)5/h17H,7-16H2,1-6H3;2-6H,1H3;5H,1-3H3. The van der Waals surface area contributed by atoms with Gasteiger partial charge in [-0.1, -0.05) is 51.1 Å². The smallest absolute Gasteiger partial charge is 0.310 e. The summed E-state index contributed by atoms with van der Waals surface area (Å²) in [6.45, 7) is 21.6. The van der Waals surface area contributed by atoms with Gasteiger partial charge in [0, 0.05) is 18.7 Å². The van der Waals surface area contributed by atoms with E-state index >= 15 is 0 Å². The number of esters is 1. The molecule has 1 N–H and O–H groups in total. The molecule has 43 heavy (non-hydrogen) atoms. The third-order valence-electron chi connectivity index (χ3n) is 7.35. The van der Waals surface area contributed by atoms with Crippen molar-refractivity contribution in [3.05, 3.63) is 69.3 Å². The van der Waals surface area contributed by atoms with Crippen molar-refractivity contribution in [1.82, 2.24) is 4.90 Å². The molecule has 0 spiro atoms. The number of hydrogen-bond donors (Lipinski definition) is 1. The lowest BCUT2D eigenvalue weighted by Gasteiger charge is -2.29. The molecule has 1 fully saturated rings. The fourth-order valence-electron chi connectivity index (χ4n) is 5.35. The summed E-state index contributed by atoms with van der Waals surface area (Å²) in [5, 5.41) is 8.52. The van der Waals surface area contributed by atoms with Gasteiger partial charge in [-0.05, 0) is 120 Å². The zero-order valence-corrected chi connectivity index (χ0v) is 28.6. The summed E-state index contributed by atoms with van der Waals surface area (Å²) >= 11 is 0. The summed E-state index contributed by atoms with van der Waals surface area (Å²) in [6.07, 6.45) is 5.96. The molecule has 1 aliphatic heterocycles. The molecule has 0 radical (unpaired) electrons. The molecule has 1 aliphatic rings. The summed E-state index contributed by atoms with van der Waals surface area (Å²) in [5.74, 6) is 0.646. The Hall–Kier alpha value is -2.99. The van der Waals surface area contributed by atoms with Crippen molar-refractivity contribution in [3.8, 4) is 0 Å². The van der Waals surface area contributed by atoms with Gasteiger partial charge in [-0.15, -0.1) is 0 Å². The summed E-state index contributed by atoms with van der Waals surface area (Å²) in [5.41, 5.74) is 7.42. The number of Topliss-reactive ketones (excluding diaryl/α,β-unsaturated/α-hetero) is 1. The lowest BCUT2D eigenvalue weighted by Crippen LogP contribution is -2.37. The predicted octanol–water partition coefficient (Wildman–Crippen LogP) is 7.39. The van der Waals surface area contributed by atoms with Crippen molar-refractivity contribution >= 4 is 17.7 Å². The van der Waals surface area contributed by atoms with Gasteiger partial charge in [0.1, 0.15) is 0 Å². The first kappa shape index (κ1) is 38.0. The lowest BCUT2D eigenvalue weighted by atomic mass is 9.81. The molecule has 240 valence electrons. The number of carbonyl (C=O) groups excluding carboxylic acids is 3. The van der Waals surface area contributed by atoms with Crippen LogP contribution in [0.3, 0.4) is 0 Å². The van der Waals surface area contributed by atoms with Crippen LogP contribution >= 0.6 is 0 Å².